The molecule has 2 saturated heterocycles. The van der Waals surface area contributed by atoms with Crippen molar-refractivity contribution in [2.75, 3.05) is 26.2 Å². The highest BCUT2D eigenvalue weighted by Crippen LogP contribution is 2.43. The van der Waals surface area contributed by atoms with Crippen molar-refractivity contribution in [2.24, 2.45) is 11.3 Å². The zero-order valence-electron chi connectivity index (χ0n) is 19.8. The first-order chi connectivity index (χ1) is 15.2. The van der Waals surface area contributed by atoms with Crippen LogP contribution in [0.25, 0.3) is 0 Å². The standard InChI is InChI=1S/C26H38N2O4/c1-25(2,3)32-24(30)28-16-14-26(19-28)13-15-27(18-26)22(21-11-7-8-12-21)23(29)31-17-20-9-5-4-6-10-20/h4-6,9-10,21-22H,7-8,11-19H2,1-3H3/t22-,26-/m0/s1. The van der Waals surface area contributed by atoms with Gasteiger partial charge in [-0.05, 0) is 64.5 Å². The van der Waals surface area contributed by atoms with Crippen molar-refractivity contribution >= 4 is 12.1 Å². The van der Waals surface area contributed by atoms with E-state index in [4.69, 9.17) is 9.47 Å². The Balaban J connectivity index is 1.40. The van der Waals surface area contributed by atoms with Crippen LogP contribution in [0.15, 0.2) is 30.3 Å². The maximum atomic E-state index is 13.3. The van der Waals surface area contributed by atoms with Crippen LogP contribution in [0.3, 0.4) is 0 Å². The van der Waals surface area contributed by atoms with Gasteiger partial charge in [0, 0.05) is 25.0 Å². The molecule has 2 heterocycles. The molecular formula is C26H38N2O4. The van der Waals surface area contributed by atoms with E-state index in [1.807, 2.05) is 56.0 Å². The van der Waals surface area contributed by atoms with Gasteiger partial charge in [-0.25, -0.2) is 4.79 Å². The van der Waals surface area contributed by atoms with Gasteiger partial charge < -0.3 is 14.4 Å². The maximum Gasteiger partial charge on any atom is 0.410 e. The molecule has 1 aromatic carbocycles. The Kier molecular flexibility index (Phi) is 6.80. The first kappa shape index (κ1) is 23.1. The molecule has 1 amide bonds. The number of nitrogens with zero attached hydrogens (tertiary/aromatic N) is 2. The van der Waals surface area contributed by atoms with Crippen molar-refractivity contribution in [3.63, 3.8) is 0 Å². The minimum atomic E-state index is -0.482. The van der Waals surface area contributed by atoms with E-state index in [9.17, 15) is 9.59 Å². The van der Waals surface area contributed by atoms with Crippen molar-refractivity contribution in [2.45, 2.75) is 77.5 Å². The van der Waals surface area contributed by atoms with Gasteiger partial charge in [0.2, 0.25) is 0 Å². The summed E-state index contributed by atoms with van der Waals surface area (Å²) < 4.78 is 11.4. The zero-order valence-corrected chi connectivity index (χ0v) is 19.8. The number of carbonyl (C=O) groups is 2. The van der Waals surface area contributed by atoms with Gasteiger partial charge in [-0.15, -0.1) is 0 Å². The summed E-state index contributed by atoms with van der Waals surface area (Å²) in [7, 11) is 0. The van der Waals surface area contributed by atoms with Crippen molar-refractivity contribution in [3.05, 3.63) is 35.9 Å². The van der Waals surface area contributed by atoms with E-state index in [0.717, 1.165) is 57.4 Å². The number of amides is 1. The fourth-order valence-corrected chi connectivity index (χ4v) is 5.68. The summed E-state index contributed by atoms with van der Waals surface area (Å²) in [6.07, 6.45) is 6.34. The minimum absolute atomic E-state index is 0.0630. The van der Waals surface area contributed by atoms with Crippen LogP contribution in [-0.4, -0.2) is 59.7 Å². The number of rotatable bonds is 5. The van der Waals surface area contributed by atoms with E-state index in [2.05, 4.69) is 4.90 Å². The molecule has 1 aromatic rings. The molecule has 0 bridgehead atoms. The molecule has 1 aliphatic carbocycles. The van der Waals surface area contributed by atoms with Crippen molar-refractivity contribution in [1.82, 2.24) is 9.80 Å². The largest absolute Gasteiger partial charge is 0.460 e. The zero-order chi connectivity index (χ0) is 22.8. The normalized spacial score (nSPS) is 25.4. The van der Waals surface area contributed by atoms with Gasteiger partial charge in [0.15, 0.2) is 0 Å². The van der Waals surface area contributed by atoms with Crippen LogP contribution < -0.4 is 0 Å². The molecule has 3 aliphatic rings. The number of hydrogen-bond donors (Lipinski definition) is 0. The summed E-state index contributed by atoms with van der Waals surface area (Å²) in [6.45, 7) is 9.24. The lowest BCUT2D eigenvalue weighted by Gasteiger charge is -2.32. The number of ether oxygens (including phenoxy) is 2. The van der Waals surface area contributed by atoms with Gasteiger partial charge in [-0.1, -0.05) is 43.2 Å². The Morgan fingerprint density at radius 3 is 2.44 bits per heavy atom. The Morgan fingerprint density at radius 2 is 1.75 bits per heavy atom. The summed E-state index contributed by atoms with van der Waals surface area (Å²) in [5.74, 6) is 0.289. The van der Waals surface area contributed by atoms with Crippen LogP contribution in [-0.2, 0) is 20.9 Å². The first-order valence-corrected chi connectivity index (χ1v) is 12.2. The summed E-state index contributed by atoms with van der Waals surface area (Å²) in [4.78, 5) is 30.1. The maximum absolute atomic E-state index is 13.3. The molecule has 2 atom stereocenters. The fourth-order valence-electron chi connectivity index (χ4n) is 5.68. The molecule has 4 rings (SSSR count). The van der Waals surface area contributed by atoms with Crippen LogP contribution in [0.1, 0.15) is 64.9 Å². The van der Waals surface area contributed by atoms with Crippen molar-refractivity contribution in [1.29, 1.82) is 0 Å². The summed E-state index contributed by atoms with van der Waals surface area (Å²) in [6, 6.07) is 9.73. The highest BCUT2D eigenvalue weighted by Gasteiger charge is 2.49. The van der Waals surface area contributed by atoms with E-state index >= 15 is 0 Å². The second-order valence-corrected chi connectivity index (χ2v) is 11.0. The predicted octanol–water partition coefficient (Wildman–Crippen LogP) is 4.62. The van der Waals surface area contributed by atoms with Gasteiger partial charge >= 0.3 is 12.1 Å². The van der Waals surface area contributed by atoms with E-state index in [-0.39, 0.29) is 23.5 Å². The molecule has 0 unspecified atom stereocenters. The molecule has 1 saturated carbocycles. The van der Waals surface area contributed by atoms with Gasteiger partial charge in [-0.2, -0.15) is 0 Å². The molecule has 32 heavy (non-hydrogen) atoms. The average Bonchev–Trinajstić information content (AvgIpc) is 3.49. The Hall–Kier alpha value is -2.08. The quantitative estimate of drug-likeness (QED) is 0.623. The summed E-state index contributed by atoms with van der Waals surface area (Å²) in [5.41, 5.74) is 0.602. The third-order valence-electron chi connectivity index (χ3n) is 7.26. The van der Waals surface area contributed by atoms with E-state index in [1.165, 1.54) is 12.8 Å². The van der Waals surface area contributed by atoms with E-state index < -0.39 is 5.60 Å². The average molecular weight is 443 g/mol. The Bertz CT molecular complexity index is 800. The molecule has 0 aromatic heterocycles. The monoisotopic (exact) mass is 442 g/mol. The van der Waals surface area contributed by atoms with Crippen LogP contribution in [0, 0.1) is 11.3 Å². The van der Waals surface area contributed by atoms with Crippen LogP contribution in [0.2, 0.25) is 0 Å². The second kappa shape index (κ2) is 9.42. The van der Waals surface area contributed by atoms with E-state index in [1.54, 1.807) is 0 Å². The molecule has 1 spiro atoms. The van der Waals surface area contributed by atoms with Gasteiger partial charge in [0.05, 0.1) is 0 Å². The first-order valence-electron chi connectivity index (χ1n) is 12.2. The minimum Gasteiger partial charge on any atom is -0.460 e. The van der Waals surface area contributed by atoms with Crippen molar-refractivity contribution in [3.8, 4) is 0 Å². The number of likely N-dealkylation sites (tertiary alicyclic amines) is 2. The Morgan fingerprint density at radius 1 is 1.06 bits per heavy atom. The SMILES string of the molecule is CC(C)(C)OC(=O)N1CC[C@]2(CCN([C@H](C(=O)OCc3ccccc3)C3CCCC3)C2)C1. The lowest BCUT2D eigenvalue weighted by Crippen LogP contribution is -2.46. The van der Waals surface area contributed by atoms with Gasteiger partial charge in [-0.3, -0.25) is 9.69 Å². The number of esters is 1. The topological polar surface area (TPSA) is 59.1 Å². The van der Waals surface area contributed by atoms with E-state index in [0.29, 0.717) is 12.5 Å². The molecule has 176 valence electrons. The third-order valence-corrected chi connectivity index (χ3v) is 7.26. The molecule has 0 N–H and O–H groups in total. The molecule has 6 nitrogen and oxygen atoms in total. The molecule has 6 heteroatoms. The molecule has 0 radical (unpaired) electrons. The number of carbonyl (C=O) groups excluding carboxylic acids is 2. The smallest absolute Gasteiger partial charge is 0.410 e. The van der Waals surface area contributed by atoms with Crippen LogP contribution >= 0.6 is 0 Å². The number of benzene rings is 1. The second-order valence-electron chi connectivity index (χ2n) is 11.0. The Labute approximate surface area is 192 Å². The van der Waals surface area contributed by atoms with Gasteiger partial charge in [0.25, 0.3) is 0 Å². The summed E-state index contributed by atoms with van der Waals surface area (Å²) >= 11 is 0. The number of hydrogen-bond acceptors (Lipinski definition) is 5. The lowest BCUT2D eigenvalue weighted by atomic mass is 9.86. The van der Waals surface area contributed by atoms with Crippen LogP contribution in [0.4, 0.5) is 4.79 Å². The van der Waals surface area contributed by atoms with Crippen LogP contribution in [0.5, 0.6) is 0 Å². The highest BCUT2D eigenvalue weighted by molar-refractivity contribution is 5.76. The summed E-state index contributed by atoms with van der Waals surface area (Å²) in [5, 5.41) is 0. The molecule has 2 aliphatic heterocycles. The van der Waals surface area contributed by atoms with Crippen molar-refractivity contribution < 1.29 is 19.1 Å². The fraction of sp³-hybridized carbons (Fsp3) is 0.692. The molecular weight excluding hydrogens is 404 g/mol. The highest BCUT2D eigenvalue weighted by atomic mass is 16.6. The third kappa shape index (κ3) is 5.45. The van der Waals surface area contributed by atoms with Gasteiger partial charge in [0.1, 0.15) is 18.2 Å². The molecule has 3 fully saturated rings. The predicted molar refractivity (Wildman–Crippen MR) is 123 cm³/mol. The lowest BCUT2D eigenvalue weighted by molar-refractivity contribution is -0.153.